The molecule has 4 nitrogen and oxygen atoms in total. The maximum absolute atomic E-state index is 6.06. The van der Waals surface area contributed by atoms with Crippen LogP contribution in [0.5, 0.6) is 11.5 Å². The molecule has 4 heteroatoms. The highest BCUT2D eigenvalue weighted by Crippen LogP contribution is 2.28. The monoisotopic (exact) mass is 386 g/mol. The van der Waals surface area contributed by atoms with E-state index in [1.165, 1.54) is 11.1 Å². The molecule has 0 saturated heterocycles. The van der Waals surface area contributed by atoms with Crippen molar-refractivity contribution in [3.8, 4) is 11.5 Å². The van der Waals surface area contributed by atoms with Gasteiger partial charge < -0.3 is 18.9 Å². The van der Waals surface area contributed by atoms with Gasteiger partial charge in [0.1, 0.15) is 24.7 Å². The normalized spacial score (nSPS) is 11.1. The van der Waals surface area contributed by atoms with E-state index in [-0.39, 0.29) is 0 Å². The van der Waals surface area contributed by atoms with Gasteiger partial charge in [-0.2, -0.15) is 0 Å². The fraction of sp³-hybridized carbons (Fsp3) is 0.500. The van der Waals surface area contributed by atoms with Crippen LogP contribution in [0, 0.1) is 6.92 Å². The van der Waals surface area contributed by atoms with Crippen molar-refractivity contribution in [1.29, 1.82) is 0 Å². The quantitative estimate of drug-likeness (QED) is 0.442. The van der Waals surface area contributed by atoms with Gasteiger partial charge in [0.25, 0.3) is 0 Å². The minimum atomic E-state index is 0.463. The van der Waals surface area contributed by atoms with Gasteiger partial charge in [-0.05, 0) is 43.4 Å². The van der Waals surface area contributed by atoms with Crippen LogP contribution in [0.25, 0.3) is 0 Å². The van der Waals surface area contributed by atoms with Crippen molar-refractivity contribution >= 4 is 0 Å². The van der Waals surface area contributed by atoms with E-state index in [0.717, 1.165) is 35.5 Å². The molecule has 0 spiro atoms. The lowest BCUT2D eigenvalue weighted by Gasteiger charge is -2.17. The van der Waals surface area contributed by atoms with Gasteiger partial charge in [-0.1, -0.05) is 43.7 Å². The molecule has 0 aliphatic heterocycles. The molecule has 0 aromatic heterocycles. The molecular formula is C24H34O4. The molecule has 0 aliphatic carbocycles. The van der Waals surface area contributed by atoms with Gasteiger partial charge in [-0.25, -0.2) is 0 Å². The van der Waals surface area contributed by atoms with E-state index in [9.17, 15) is 0 Å². The number of ether oxygens (including phenoxy) is 4. The van der Waals surface area contributed by atoms with Crippen molar-refractivity contribution in [2.24, 2.45) is 0 Å². The molecule has 0 saturated carbocycles. The van der Waals surface area contributed by atoms with Gasteiger partial charge in [-0.3, -0.25) is 0 Å². The maximum atomic E-state index is 6.06. The Morgan fingerprint density at radius 2 is 1.32 bits per heavy atom. The Bertz CT molecular complexity index is 678. The standard InChI is InChI=1S/C24H34O4/c1-6-19(7-2)20-8-10-23(11-9-20)27-12-13-28-24-21(16-25-4)14-18(3)15-22(24)17-26-5/h8-11,14-15,19H,6-7,12-13,16-17H2,1-5H3. The highest BCUT2D eigenvalue weighted by atomic mass is 16.5. The molecular weight excluding hydrogens is 352 g/mol. The molecule has 0 bridgehead atoms. The number of rotatable bonds is 12. The van der Waals surface area contributed by atoms with Gasteiger partial charge in [0.15, 0.2) is 0 Å². The summed E-state index contributed by atoms with van der Waals surface area (Å²) in [5.41, 5.74) is 4.61. The topological polar surface area (TPSA) is 36.9 Å². The van der Waals surface area contributed by atoms with Crippen molar-refractivity contribution in [3.05, 3.63) is 58.7 Å². The van der Waals surface area contributed by atoms with E-state index < -0.39 is 0 Å². The predicted molar refractivity (Wildman–Crippen MR) is 113 cm³/mol. The first-order chi connectivity index (χ1) is 13.6. The molecule has 28 heavy (non-hydrogen) atoms. The fourth-order valence-electron chi connectivity index (χ4n) is 3.54. The molecule has 0 unspecified atom stereocenters. The van der Waals surface area contributed by atoms with Crippen LogP contribution in [0.3, 0.4) is 0 Å². The smallest absolute Gasteiger partial charge is 0.130 e. The number of hydrogen-bond acceptors (Lipinski definition) is 4. The van der Waals surface area contributed by atoms with Crippen LogP contribution < -0.4 is 9.47 Å². The SMILES string of the molecule is CCC(CC)c1ccc(OCCOc2c(COC)cc(C)cc2COC)cc1. The van der Waals surface area contributed by atoms with Crippen molar-refractivity contribution in [2.75, 3.05) is 27.4 Å². The molecule has 2 aromatic rings. The zero-order valence-electron chi connectivity index (χ0n) is 17.9. The summed E-state index contributed by atoms with van der Waals surface area (Å²) in [6.07, 6.45) is 2.32. The van der Waals surface area contributed by atoms with Gasteiger partial charge >= 0.3 is 0 Å². The summed E-state index contributed by atoms with van der Waals surface area (Å²) in [5, 5.41) is 0. The van der Waals surface area contributed by atoms with Crippen LogP contribution in [0.1, 0.15) is 54.9 Å². The average Bonchev–Trinajstić information content (AvgIpc) is 2.69. The molecule has 0 radical (unpaired) electrons. The highest BCUT2D eigenvalue weighted by molar-refractivity contribution is 5.44. The average molecular weight is 387 g/mol. The molecule has 0 fully saturated rings. The van der Waals surface area contributed by atoms with Crippen molar-refractivity contribution in [1.82, 2.24) is 0 Å². The minimum Gasteiger partial charge on any atom is -0.490 e. The van der Waals surface area contributed by atoms with Crippen LogP contribution in [0.15, 0.2) is 36.4 Å². The van der Waals surface area contributed by atoms with E-state index in [2.05, 4.69) is 45.0 Å². The number of aryl methyl sites for hydroxylation is 1. The second kappa shape index (κ2) is 11.7. The molecule has 0 aliphatic rings. The Labute approximate surface area is 169 Å². The summed E-state index contributed by atoms with van der Waals surface area (Å²) in [5.74, 6) is 2.33. The largest absolute Gasteiger partial charge is 0.490 e. The number of methoxy groups -OCH3 is 2. The summed E-state index contributed by atoms with van der Waals surface area (Å²) < 4.78 is 22.6. The molecule has 0 heterocycles. The Balaban J connectivity index is 1.96. The van der Waals surface area contributed by atoms with Gasteiger partial charge in [0.05, 0.1) is 13.2 Å². The second-order valence-electron chi connectivity index (χ2n) is 7.06. The zero-order valence-corrected chi connectivity index (χ0v) is 17.9. The first-order valence-corrected chi connectivity index (χ1v) is 10.1. The lowest BCUT2D eigenvalue weighted by atomic mass is 9.94. The van der Waals surface area contributed by atoms with E-state index in [4.69, 9.17) is 18.9 Å². The van der Waals surface area contributed by atoms with E-state index in [1.54, 1.807) is 14.2 Å². The summed E-state index contributed by atoms with van der Waals surface area (Å²) in [6.45, 7) is 8.49. The lowest BCUT2D eigenvalue weighted by molar-refractivity contribution is 0.164. The Hall–Kier alpha value is -2.04. The third kappa shape index (κ3) is 6.25. The number of hydrogen-bond donors (Lipinski definition) is 0. The van der Waals surface area contributed by atoms with Crippen molar-refractivity contribution in [2.45, 2.75) is 52.7 Å². The predicted octanol–water partition coefficient (Wildman–Crippen LogP) is 5.65. The molecule has 2 aromatic carbocycles. The maximum Gasteiger partial charge on any atom is 0.130 e. The van der Waals surface area contributed by atoms with E-state index in [1.807, 2.05) is 12.1 Å². The van der Waals surface area contributed by atoms with Crippen molar-refractivity contribution in [3.63, 3.8) is 0 Å². The third-order valence-electron chi connectivity index (χ3n) is 4.92. The van der Waals surface area contributed by atoms with Crippen molar-refractivity contribution < 1.29 is 18.9 Å². The Morgan fingerprint density at radius 1 is 0.786 bits per heavy atom. The van der Waals surface area contributed by atoms with Gasteiger partial charge in [0.2, 0.25) is 0 Å². The Kier molecular flexibility index (Phi) is 9.32. The summed E-state index contributed by atoms with van der Waals surface area (Å²) >= 11 is 0. The Morgan fingerprint density at radius 3 is 1.82 bits per heavy atom. The molecule has 2 rings (SSSR count). The fourth-order valence-corrected chi connectivity index (χ4v) is 3.54. The van der Waals surface area contributed by atoms with Crippen LogP contribution in [-0.4, -0.2) is 27.4 Å². The van der Waals surface area contributed by atoms with Crippen LogP contribution in [-0.2, 0) is 22.7 Å². The van der Waals surface area contributed by atoms with Gasteiger partial charge in [0, 0.05) is 25.3 Å². The second-order valence-corrected chi connectivity index (χ2v) is 7.06. The number of benzene rings is 2. The van der Waals surface area contributed by atoms with Crippen LogP contribution >= 0.6 is 0 Å². The summed E-state index contributed by atoms with van der Waals surface area (Å²) in [6, 6.07) is 12.6. The van der Waals surface area contributed by atoms with Gasteiger partial charge in [-0.15, -0.1) is 0 Å². The molecule has 0 amide bonds. The lowest BCUT2D eigenvalue weighted by Crippen LogP contribution is -2.12. The summed E-state index contributed by atoms with van der Waals surface area (Å²) in [4.78, 5) is 0. The first-order valence-electron chi connectivity index (χ1n) is 10.1. The first kappa shape index (κ1) is 22.3. The van der Waals surface area contributed by atoms with E-state index >= 15 is 0 Å². The zero-order chi connectivity index (χ0) is 20.4. The molecule has 154 valence electrons. The molecule has 0 N–H and O–H groups in total. The van der Waals surface area contributed by atoms with E-state index in [0.29, 0.717) is 32.3 Å². The summed E-state index contributed by atoms with van der Waals surface area (Å²) in [7, 11) is 3.38. The van der Waals surface area contributed by atoms with Crippen LogP contribution in [0.2, 0.25) is 0 Å². The highest BCUT2D eigenvalue weighted by Gasteiger charge is 2.12. The third-order valence-corrected chi connectivity index (χ3v) is 4.92. The van der Waals surface area contributed by atoms with Crippen LogP contribution in [0.4, 0.5) is 0 Å². The minimum absolute atomic E-state index is 0.463. The molecule has 0 atom stereocenters.